The Morgan fingerprint density at radius 1 is 0.605 bits per heavy atom. The van der Waals surface area contributed by atoms with E-state index >= 15 is 0 Å². The molecule has 176 valence electrons. The van der Waals surface area contributed by atoms with E-state index in [1.54, 1.807) is 13.8 Å². The first-order chi connectivity index (χ1) is 18.5. The molecule has 0 saturated carbocycles. The highest BCUT2D eigenvalue weighted by Crippen LogP contribution is 2.25. The molecule has 0 aliphatic rings. The lowest BCUT2D eigenvalue weighted by Crippen LogP contribution is -2.23. The van der Waals surface area contributed by atoms with Gasteiger partial charge in [0.25, 0.3) is 11.4 Å². The molecule has 3 aromatic carbocycles. The van der Waals surface area contributed by atoms with Crippen LogP contribution in [0.3, 0.4) is 0 Å². The van der Waals surface area contributed by atoms with Crippen molar-refractivity contribution in [2.45, 2.75) is 13.8 Å². The summed E-state index contributed by atoms with van der Waals surface area (Å²) in [5.41, 5.74) is 4.20. The van der Waals surface area contributed by atoms with Gasteiger partial charge in [0.15, 0.2) is 0 Å². The minimum absolute atomic E-state index is 0.179. The Labute approximate surface area is 217 Å². The Morgan fingerprint density at radius 3 is 1.26 bits per heavy atom. The van der Waals surface area contributed by atoms with Crippen molar-refractivity contribution >= 4 is 33.5 Å². The molecule has 0 N–H and O–H groups in total. The van der Waals surface area contributed by atoms with Crippen LogP contribution in [0.4, 0.5) is 0 Å². The maximum Gasteiger partial charge on any atom is 0.273 e. The van der Waals surface area contributed by atoms with Crippen LogP contribution in [0.5, 0.6) is 0 Å². The van der Waals surface area contributed by atoms with Gasteiger partial charge < -0.3 is 0 Å². The SMILES string of the molecule is [C-]#[N+]/C(C#N)=c1\c2nc(-c3ccccc3)c(C)nc2/c(=C(/C#N)[N+]#[C-])c2nc(-c3ccccc3)c(C)nc12. The molecule has 0 aliphatic heterocycles. The number of fused-ring (bicyclic) bond motifs is 2. The van der Waals surface area contributed by atoms with E-state index in [1.165, 1.54) is 0 Å². The van der Waals surface area contributed by atoms with E-state index in [1.807, 2.05) is 72.8 Å². The number of nitriles is 2. The summed E-state index contributed by atoms with van der Waals surface area (Å²) in [6.07, 6.45) is 0. The average molecular weight is 489 g/mol. The first kappa shape index (κ1) is 23.8. The highest BCUT2D eigenvalue weighted by Gasteiger charge is 2.20. The molecule has 0 aliphatic carbocycles. The predicted molar refractivity (Wildman–Crippen MR) is 143 cm³/mol. The van der Waals surface area contributed by atoms with Gasteiger partial charge in [-0.25, -0.2) is 40.1 Å². The Morgan fingerprint density at radius 2 is 0.947 bits per heavy atom. The van der Waals surface area contributed by atoms with Gasteiger partial charge in [-0.15, -0.1) is 0 Å². The summed E-state index contributed by atoms with van der Waals surface area (Å²) in [6, 6.07) is 22.7. The fraction of sp³-hybridized carbons (Fsp3) is 0.0667. The molecule has 0 bridgehead atoms. The van der Waals surface area contributed by atoms with Gasteiger partial charge in [0.2, 0.25) is 0 Å². The van der Waals surface area contributed by atoms with Crippen LogP contribution in [0.1, 0.15) is 11.4 Å². The van der Waals surface area contributed by atoms with Gasteiger partial charge in [0, 0.05) is 21.6 Å². The van der Waals surface area contributed by atoms with Gasteiger partial charge in [-0.05, 0) is 13.8 Å². The van der Waals surface area contributed by atoms with E-state index in [0.717, 1.165) is 11.1 Å². The molecule has 0 radical (unpaired) electrons. The van der Waals surface area contributed by atoms with E-state index in [9.17, 15) is 10.5 Å². The zero-order valence-corrected chi connectivity index (χ0v) is 20.4. The van der Waals surface area contributed by atoms with E-state index in [0.29, 0.717) is 22.8 Å². The second kappa shape index (κ2) is 9.59. The molecule has 8 nitrogen and oxygen atoms in total. The maximum atomic E-state index is 9.91. The van der Waals surface area contributed by atoms with Crippen molar-refractivity contribution in [3.05, 3.63) is 105 Å². The lowest BCUT2D eigenvalue weighted by atomic mass is 10.0. The smallest absolute Gasteiger partial charge is 0.250 e. The summed E-state index contributed by atoms with van der Waals surface area (Å²) < 4.78 is 0. The molecule has 38 heavy (non-hydrogen) atoms. The second-order valence-electron chi connectivity index (χ2n) is 8.34. The molecule has 8 heteroatoms. The third kappa shape index (κ3) is 3.76. The summed E-state index contributed by atoms with van der Waals surface area (Å²) in [5.74, 6) is 0. The molecule has 2 aromatic heterocycles. The quantitative estimate of drug-likeness (QED) is 0.265. The molecule has 0 saturated heterocycles. The number of rotatable bonds is 2. The third-order valence-corrected chi connectivity index (χ3v) is 6.09. The molecule has 0 atom stereocenters. The van der Waals surface area contributed by atoms with Crippen molar-refractivity contribution in [1.82, 2.24) is 19.9 Å². The van der Waals surface area contributed by atoms with Crippen LogP contribution in [0.15, 0.2) is 60.7 Å². The molecule has 0 fully saturated rings. The number of aryl methyl sites for hydroxylation is 2. The molecule has 0 spiro atoms. The fourth-order valence-corrected chi connectivity index (χ4v) is 4.42. The van der Waals surface area contributed by atoms with Crippen LogP contribution in [-0.4, -0.2) is 19.9 Å². The largest absolute Gasteiger partial charge is 0.273 e. The molecule has 0 amide bonds. The van der Waals surface area contributed by atoms with Crippen molar-refractivity contribution in [2.75, 3.05) is 0 Å². The van der Waals surface area contributed by atoms with Crippen LogP contribution < -0.4 is 10.4 Å². The van der Waals surface area contributed by atoms with Crippen molar-refractivity contribution < 1.29 is 0 Å². The zero-order chi connectivity index (χ0) is 26.8. The van der Waals surface area contributed by atoms with Crippen molar-refractivity contribution in [2.24, 2.45) is 0 Å². The third-order valence-electron chi connectivity index (χ3n) is 6.09. The van der Waals surface area contributed by atoms with Crippen molar-refractivity contribution in [1.29, 1.82) is 10.5 Å². The van der Waals surface area contributed by atoms with Crippen LogP contribution in [-0.2, 0) is 0 Å². The summed E-state index contributed by atoms with van der Waals surface area (Å²) in [5, 5.41) is 20.2. The van der Waals surface area contributed by atoms with Crippen LogP contribution in [0, 0.1) is 49.7 Å². The second-order valence-corrected chi connectivity index (χ2v) is 8.34. The van der Waals surface area contributed by atoms with Crippen LogP contribution in [0.25, 0.3) is 65.7 Å². The van der Waals surface area contributed by atoms with Crippen molar-refractivity contribution in [3.63, 3.8) is 0 Å². The lowest BCUT2D eigenvalue weighted by Gasteiger charge is -2.13. The Bertz CT molecular complexity index is 1890. The Hall–Kier alpha value is -5.96. The van der Waals surface area contributed by atoms with Crippen LogP contribution in [0.2, 0.25) is 0 Å². The van der Waals surface area contributed by atoms with E-state index in [2.05, 4.69) is 9.69 Å². The number of aromatic nitrogens is 4. The summed E-state index contributed by atoms with van der Waals surface area (Å²) >= 11 is 0. The van der Waals surface area contributed by atoms with E-state index in [4.69, 9.17) is 33.1 Å². The summed E-state index contributed by atoms with van der Waals surface area (Å²) in [4.78, 5) is 26.2. The number of hydrogen-bond acceptors (Lipinski definition) is 6. The van der Waals surface area contributed by atoms with Gasteiger partial charge in [-0.3, -0.25) is 0 Å². The minimum atomic E-state index is -0.230. The molecular formula is C30H16N8. The van der Waals surface area contributed by atoms with Gasteiger partial charge >= 0.3 is 0 Å². The van der Waals surface area contributed by atoms with Crippen LogP contribution >= 0.6 is 0 Å². The first-order valence-electron chi connectivity index (χ1n) is 11.5. The van der Waals surface area contributed by atoms with Gasteiger partial charge in [-0.2, -0.15) is 0 Å². The molecule has 2 heterocycles. The van der Waals surface area contributed by atoms with Crippen molar-refractivity contribution in [3.8, 4) is 34.7 Å². The number of nitrogens with zero attached hydrogens (tertiary/aromatic N) is 8. The van der Waals surface area contributed by atoms with Gasteiger partial charge in [0.05, 0.1) is 70.1 Å². The standard InChI is InChI=1S/C30H16N8/c1-17-25(19-11-7-5-8-12-19)37-29-24(22(16-32)34-4)28-30(23(27(29)35-17)21(15-31)33-3)38-26(18(2)36-28)20-13-9-6-10-14-20/h5-14H,1-2H3/b23-21-,24-22+. The highest BCUT2D eigenvalue weighted by molar-refractivity contribution is 6.00. The summed E-state index contributed by atoms with van der Waals surface area (Å²) in [6.45, 7) is 19.0. The molecule has 0 unspecified atom stereocenters. The van der Waals surface area contributed by atoms with Gasteiger partial charge in [-0.1, -0.05) is 60.7 Å². The average Bonchev–Trinajstić information content (AvgIpc) is 2.95. The topological polar surface area (TPSA) is 108 Å². The minimum Gasteiger partial charge on any atom is -0.250 e. The summed E-state index contributed by atoms with van der Waals surface area (Å²) in [7, 11) is 0. The zero-order valence-electron chi connectivity index (χ0n) is 20.4. The predicted octanol–water partition coefficient (Wildman–Crippen LogP) is 4.63. The van der Waals surface area contributed by atoms with E-state index < -0.39 is 0 Å². The molecular weight excluding hydrogens is 472 g/mol. The maximum absolute atomic E-state index is 9.91. The normalized spacial score (nSPS) is 12.2. The van der Waals surface area contributed by atoms with E-state index in [-0.39, 0.29) is 43.9 Å². The highest BCUT2D eigenvalue weighted by atomic mass is 14.9. The lowest BCUT2D eigenvalue weighted by molar-refractivity contribution is 1.16. The molecule has 5 rings (SSSR count). The van der Waals surface area contributed by atoms with Gasteiger partial charge in [0.1, 0.15) is 0 Å². The first-order valence-corrected chi connectivity index (χ1v) is 11.5. The number of hydrogen-bond donors (Lipinski definition) is 0. The monoisotopic (exact) mass is 488 g/mol. The Kier molecular flexibility index (Phi) is 6.00. The fourth-order valence-electron chi connectivity index (χ4n) is 4.42. The number of benzene rings is 3. The Balaban J connectivity index is 2.15. The molecule has 5 aromatic rings.